The van der Waals surface area contributed by atoms with Crippen molar-refractivity contribution in [2.45, 2.75) is 51.0 Å². The second-order valence-electron chi connectivity index (χ2n) is 6.62. The Bertz CT molecular complexity index is 677. The van der Waals surface area contributed by atoms with Crippen LogP contribution in [0.25, 0.3) is 0 Å². The third-order valence-electron chi connectivity index (χ3n) is 4.53. The number of rotatable bonds is 5. The molecule has 3 rings (SSSR count). The van der Waals surface area contributed by atoms with E-state index in [1.165, 1.54) is 50.7 Å². The summed E-state index contributed by atoms with van der Waals surface area (Å²) in [5.74, 6) is 0.409. The molecule has 0 atom stereocenters. The highest BCUT2D eigenvalue weighted by Crippen LogP contribution is 2.21. The number of carbonyl (C=O) groups excluding carboxylic acids is 1. The number of amides is 1. The largest absolute Gasteiger partial charge is 0.367 e. The number of halogens is 1. The molecule has 1 aliphatic rings. The maximum atomic E-state index is 12.9. The van der Waals surface area contributed by atoms with E-state index < -0.39 is 0 Å². The lowest BCUT2D eigenvalue weighted by Gasteiger charge is -2.17. The Morgan fingerprint density at radius 3 is 2.40 bits per heavy atom. The normalized spacial score (nSPS) is 15.4. The van der Waals surface area contributed by atoms with E-state index in [1.54, 1.807) is 18.3 Å². The van der Waals surface area contributed by atoms with Gasteiger partial charge in [-0.2, -0.15) is 0 Å². The molecular weight excluding hydrogens is 317 g/mol. The van der Waals surface area contributed by atoms with Crippen molar-refractivity contribution in [1.29, 1.82) is 0 Å². The summed E-state index contributed by atoms with van der Waals surface area (Å²) in [5, 5.41) is 6.31. The number of carbonyl (C=O) groups is 1. The average molecular weight is 341 g/mol. The molecule has 0 unspecified atom stereocenters. The lowest BCUT2D eigenvalue weighted by atomic mass is 10.1. The van der Waals surface area contributed by atoms with E-state index in [2.05, 4.69) is 15.6 Å². The van der Waals surface area contributed by atoms with Crippen LogP contribution >= 0.6 is 0 Å². The van der Waals surface area contributed by atoms with Crippen LogP contribution in [-0.4, -0.2) is 16.9 Å². The van der Waals surface area contributed by atoms with Gasteiger partial charge in [0, 0.05) is 6.04 Å². The first-order valence-electron chi connectivity index (χ1n) is 8.96. The molecule has 2 N–H and O–H groups in total. The van der Waals surface area contributed by atoms with Gasteiger partial charge in [0.15, 0.2) is 0 Å². The molecule has 0 bridgehead atoms. The summed E-state index contributed by atoms with van der Waals surface area (Å²) in [6.07, 6.45) is 9.46. The zero-order valence-corrected chi connectivity index (χ0v) is 14.3. The van der Waals surface area contributed by atoms with E-state index in [4.69, 9.17) is 0 Å². The Kier molecular flexibility index (Phi) is 5.99. The van der Waals surface area contributed by atoms with Gasteiger partial charge in [-0.3, -0.25) is 4.79 Å². The molecule has 0 spiro atoms. The summed E-state index contributed by atoms with van der Waals surface area (Å²) in [5.41, 5.74) is 1.44. The highest BCUT2D eigenvalue weighted by Gasteiger charge is 2.12. The van der Waals surface area contributed by atoms with Crippen LogP contribution in [0.15, 0.2) is 42.6 Å². The Labute approximate surface area is 147 Å². The van der Waals surface area contributed by atoms with Crippen LogP contribution in [0, 0.1) is 5.82 Å². The fourth-order valence-electron chi connectivity index (χ4n) is 3.18. The minimum Gasteiger partial charge on any atom is -0.367 e. The first kappa shape index (κ1) is 17.4. The van der Waals surface area contributed by atoms with E-state index in [1.807, 2.05) is 12.1 Å². The predicted molar refractivity (Wildman–Crippen MR) is 98.1 cm³/mol. The molecule has 0 radical (unpaired) electrons. The number of nitrogens with one attached hydrogen (secondary N) is 2. The van der Waals surface area contributed by atoms with Crippen LogP contribution in [0.5, 0.6) is 0 Å². The molecule has 2 aromatic rings. The number of hydrogen-bond acceptors (Lipinski definition) is 3. The van der Waals surface area contributed by atoms with E-state index in [0.717, 1.165) is 11.4 Å². The topological polar surface area (TPSA) is 54.0 Å². The summed E-state index contributed by atoms with van der Waals surface area (Å²) in [4.78, 5) is 16.5. The SMILES string of the molecule is O=C(Cc1ccc(F)cc1)Nc1ccc(NC2CCCCCC2)nc1. The standard InChI is InChI=1S/C20H24FN3O/c21-16-9-7-15(8-10-16)13-20(25)24-18-11-12-19(22-14-18)23-17-5-3-1-2-4-6-17/h7-12,14,17H,1-6,13H2,(H,22,23)(H,24,25). The Morgan fingerprint density at radius 1 is 1.04 bits per heavy atom. The van der Waals surface area contributed by atoms with Gasteiger partial charge in [0.2, 0.25) is 5.91 Å². The molecular formula is C20H24FN3O. The molecule has 1 amide bonds. The van der Waals surface area contributed by atoms with Crippen molar-refractivity contribution < 1.29 is 9.18 Å². The van der Waals surface area contributed by atoms with Crippen molar-refractivity contribution in [3.05, 3.63) is 54.0 Å². The quantitative estimate of drug-likeness (QED) is 0.785. The summed E-state index contributed by atoms with van der Waals surface area (Å²) in [6, 6.07) is 10.2. The molecule has 1 aromatic heterocycles. The van der Waals surface area contributed by atoms with Gasteiger partial charge < -0.3 is 10.6 Å². The van der Waals surface area contributed by atoms with Gasteiger partial charge in [-0.05, 0) is 42.7 Å². The van der Waals surface area contributed by atoms with Crippen LogP contribution in [0.4, 0.5) is 15.9 Å². The second kappa shape index (κ2) is 8.60. The minimum absolute atomic E-state index is 0.141. The van der Waals surface area contributed by atoms with Crippen LogP contribution in [0.1, 0.15) is 44.1 Å². The van der Waals surface area contributed by atoms with E-state index in [-0.39, 0.29) is 18.1 Å². The summed E-state index contributed by atoms with van der Waals surface area (Å²) >= 11 is 0. The number of pyridine rings is 1. The molecule has 4 nitrogen and oxygen atoms in total. The first-order valence-corrected chi connectivity index (χ1v) is 8.96. The first-order chi connectivity index (χ1) is 12.2. The molecule has 132 valence electrons. The maximum Gasteiger partial charge on any atom is 0.228 e. The molecule has 1 heterocycles. The number of hydrogen-bond donors (Lipinski definition) is 2. The third-order valence-corrected chi connectivity index (χ3v) is 4.53. The van der Waals surface area contributed by atoms with Gasteiger partial charge in [0.05, 0.1) is 18.3 Å². The van der Waals surface area contributed by atoms with Gasteiger partial charge in [-0.1, -0.05) is 37.8 Å². The van der Waals surface area contributed by atoms with Gasteiger partial charge in [-0.25, -0.2) is 9.37 Å². The van der Waals surface area contributed by atoms with E-state index in [9.17, 15) is 9.18 Å². The highest BCUT2D eigenvalue weighted by molar-refractivity contribution is 5.92. The smallest absolute Gasteiger partial charge is 0.228 e. The number of nitrogens with zero attached hydrogens (tertiary/aromatic N) is 1. The molecule has 1 fully saturated rings. The summed E-state index contributed by atoms with van der Waals surface area (Å²) in [7, 11) is 0. The molecule has 0 aliphatic heterocycles. The third kappa shape index (κ3) is 5.55. The Morgan fingerprint density at radius 2 is 1.76 bits per heavy atom. The number of aromatic nitrogens is 1. The van der Waals surface area contributed by atoms with Crippen LogP contribution in [0.2, 0.25) is 0 Å². The van der Waals surface area contributed by atoms with Gasteiger partial charge in [-0.15, -0.1) is 0 Å². The average Bonchev–Trinajstić information content (AvgIpc) is 2.87. The molecule has 1 aromatic carbocycles. The fourth-order valence-corrected chi connectivity index (χ4v) is 3.18. The van der Waals surface area contributed by atoms with Crippen LogP contribution in [-0.2, 0) is 11.2 Å². The number of benzene rings is 1. The van der Waals surface area contributed by atoms with E-state index in [0.29, 0.717) is 11.7 Å². The highest BCUT2D eigenvalue weighted by atomic mass is 19.1. The Hall–Kier alpha value is -2.43. The van der Waals surface area contributed by atoms with Crippen molar-refractivity contribution >= 4 is 17.4 Å². The zero-order valence-electron chi connectivity index (χ0n) is 14.3. The Balaban J connectivity index is 1.51. The number of anilines is 2. The minimum atomic E-state index is -0.301. The molecule has 1 saturated carbocycles. The summed E-state index contributed by atoms with van der Waals surface area (Å²) < 4.78 is 12.9. The van der Waals surface area contributed by atoms with Crippen molar-refractivity contribution in [2.75, 3.05) is 10.6 Å². The van der Waals surface area contributed by atoms with Gasteiger partial charge >= 0.3 is 0 Å². The van der Waals surface area contributed by atoms with E-state index >= 15 is 0 Å². The molecule has 1 aliphatic carbocycles. The van der Waals surface area contributed by atoms with Crippen LogP contribution < -0.4 is 10.6 Å². The molecule has 25 heavy (non-hydrogen) atoms. The lowest BCUT2D eigenvalue weighted by molar-refractivity contribution is -0.115. The maximum absolute atomic E-state index is 12.9. The van der Waals surface area contributed by atoms with Gasteiger partial charge in [0.1, 0.15) is 11.6 Å². The molecule has 0 saturated heterocycles. The van der Waals surface area contributed by atoms with Crippen molar-refractivity contribution in [2.24, 2.45) is 0 Å². The monoisotopic (exact) mass is 341 g/mol. The summed E-state index contributed by atoms with van der Waals surface area (Å²) in [6.45, 7) is 0. The van der Waals surface area contributed by atoms with Crippen molar-refractivity contribution in [3.63, 3.8) is 0 Å². The van der Waals surface area contributed by atoms with Crippen molar-refractivity contribution in [1.82, 2.24) is 4.98 Å². The van der Waals surface area contributed by atoms with Crippen molar-refractivity contribution in [3.8, 4) is 0 Å². The fraction of sp³-hybridized carbons (Fsp3) is 0.400. The molecule has 5 heteroatoms. The van der Waals surface area contributed by atoms with Gasteiger partial charge in [0.25, 0.3) is 0 Å². The predicted octanol–water partition coefficient (Wildman–Crippen LogP) is 4.54. The van der Waals surface area contributed by atoms with Crippen LogP contribution in [0.3, 0.4) is 0 Å². The zero-order chi connectivity index (χ0) is 17.5. The lowest BCUT2D eigenvalue weighted by Crippen LogP contribution is -2.19. The second-order valence-corrected chi connectivity index (χ2v) is 6.62.